The smallest absolute Gasteiger partial charge is 0.293 e. The second-order valence-corrected chi connectivity index (χ2v) is 3.53. The first-order valence-corrected chi connectivity index (χ1v) is 5.13. The molecule has 0 N–H and O–H groups in total. The van der Waals surface area contributed by atoms with E-state index < -0.39 is 5.97 Å². The molecule has 1 atom stereocenters. The number of rotatable bonds is 5. The van der Waals surface area contributed by atoms with Gasteiger partial charge in [0.15, 0.2) is 0 Å². The molecule has 1 rings (SSSR count). The minimum Gasteiger partial charge on any atom is -0.293 e. The fourth-order valence-corrected chi connectivity index (χ4v) is 0.944. The molecule has 15 heavy (non-hydrogen) atoms. The molecule has 0 heterocycles. The van der Waals surface area contributed by atoms with Gasteiger partial charge in [-0.05, 0) is 18.1 Å². The van der Waals surface area contributed by atoms with Crippen LogP contribution in [-0.4, -0.2) is 12.6 Å². The number of carbonyl (C=O) groups excluding carboxylic acids is 1. The minimum atomic E-state index is -0.445. The first-order chi connectivity index (χ1) is 7.24. The van der Waals surface area contributed by atoms with Gasteiger partial charge in [-0.25, -0.2) is 4.79 Å². The Kier molecular flexibility index (Phi) is 4.84. The molecule has 3 heteroatoms. The summed E-state index contributed by atoms with van der Waals surface area (Å²) < 4.78 is 0. The van der Waals surface area contributed by atoms with Gasteiger partial charge in [-0.1, -0.05) is 38.5 Å². The topological polar surface area (TPSA) is 35.5 Å². The predicted molar refractivity (Wildman–Crippen MR) is 57.3 cm³/mol. The molecule has 0 aliphatic carbocycles. The number of hydrogen-bond acceptors (Lipinski definition) is 3. The van der Waals surface area contributed by atoms with Crippen molar-refractivity contribution < 1.29 is 14.6 Å². The van der Waals surface area contributed by atoms with Crippen LogP contribution >= 0.6 is 0 Å². The van der Waals surface area contributed by atoms with Crippen molar-refractivity contribution in [2.24, 2.45) is 5.92 Å². The molecule has 1 unspecified atom stereocenters. The number of carbonyl (C=O) groups is 1. The Balaban J connectivity index is 2.31. The van der Waals surface area contributed by atoms with Gasteiger partial charge in [0.25, 0.3) is 0 Å². The summed E-state index contributed by atoms with van der Waals surface area (Å²) in [6.45, 7) is 4.54. The Morgan fingerprint density at radius 1 is 1.33 bits per heavy atom. The lowest BCUT2D eigenvalue weighted by atomic mass is 10.1. The van der Waals surface area contributed by atoms with Gasteiger partial charge in [-0.2, -0.15) is 4.89 Å². The van der Waals surface area contributed by atoms with Gasteiger partial charge in [0.05, 0.1) is 12.2 Å². The van der Waals surface area contributed by atoms with Crippen molar-refractivity contribution in [3.05, 3.63) is 35.9 Å². The quantitative estimate of drug-likeness (QED) is 0.551. The second kappa shape index (κ2) is 6.19. The van der Waals surface area contributed by atoms with Crippen molar-refractivity contribution in [3.63, 3.8) is 0 Å². The Labute approximate surface area is 89.9 Å². The standard InChI is InChI=1S/C12H16O3/c1-3-10(2)9-14-15-12(13)11-7-5-4-6-8-11/h4-8,10H,3,9H2,1-2H3. The number of hydrogen-bond donors (Lipinski definition) is 0. The maximum atomic E-state index is 11.4. The van der Waals surface area contributed by atoms with Crippen LogP contribution in [0.4, 0.5) is 0 Å². The van der Waals surface area contributed by atoms with Crippen LogP contribution in [0.1, 0.15) is 30.6 Å². The summed E-state index contributed by atoms with van der Waals surface area (Å²) in [6.07, 6.45) is 1.00. The predicted octanol–water partition coefficient (Wildman–Crippen LogP) is 2.82. The van der Waals surface area contributed by atoms with Gasteiger partial charge in [0, 0.05) is 0 Å². The van der Waals surface area contributed by atoms with Crippen LogP contribution in [-0.2, 0) is 9.78 Å². The average Bonchev–Trinajstić information content (AvgIpc) is 2.29. The molecular formula is C12H16O3. The van der Waals surface area contributed by atoms with Crippen molar-refractivity contribution in [3.8, 4) is 0 Å². The van der Waals surface area contributed by atoms with Gasteiger partial charge < -0.3 is 0 Å². The lowest BCUT2D eigenvalue weighted by molar-refractivity contribution is -0.248. The van der Waals surface area contributed by atoms with Crippen LogP contribution < -0.4 is 0 Å². The fraction of sp³-hybridized carbons (Fsp3) is 0.417. The van der Waals surface area contributed by atoms with Crippen LogP contribution in [0.3, 0.4) is 0 Å². The van der Waals surface area contributed by atoms with Crippen LogP contribution in [0.2, 0.25) is 0 Å². The van der Waals surface area contributed by atoms with E-state index in [1.165, 1.54) is 0 Å². The van der Waals surface area contributed by atoms with Crippen molar-refractivity contribution in [2.75, 3.05) is 6.61 Å². The van der Waals surface area contributed by atoms with Crippen LogP contribution in [0.15, 0.2) is 30.3 Å². The molecule has 3 nitrogen and oxygen atoms in total. The molecule has 82 valence electrons. The zero-order valence-corrected chi connectivity index (χ0v) is 9.10. The monoisotopic (exact) mass is 208 g/mol. The first-order valence-electron chi connectivity index (χ1n) is 5.13. The Hall–Kier alpha value is -1.35. The molecule has 0 radical (unpaired) electrons. The lowest BCUT2D eigenvalue weighted by Gasteiger charge is -2.07. The Morgan fingerprint density at radius 2 is 2.00 bits per heavy atom. The van der Waals surface area contributed by atoms with Crippen LogP contribution in [0.5, 0.6) is 0 Å². The zero-order chi connectivity index (χ0) is 11.1. The van der Waals surface area contributed by atoms with Gasteiger partial charge in [0.2, 0.25) is 0 Å². The zero-order valence-electron chi connectivity index (χ0n) is 9.10. The van der Waals surface area contributed by atoms with Gasteiger partial charge in [0.1, 0.15) is 0 Å². The molecule has 0 aromatic heterocycles. The highest BCUT2D eigenvalue weighted by Crippen LogP contribution is 2.04. The van der Waals surface area contributed by atoms with E-state index in [2.05, 4.69) is 11.8 Å². The van der Waals surface area contributed by atoms with E-state index in [0.29, 0.717) is 18.1 Å². The summed E-state index contributed by atoms with van der Waals surface area (Å²) in [5.41, 5.74) is 0.502. The summed E-state index contributed by atoms with van der Waals surface area (Å²) in [5, 5.41) is 0. The second-order valence-electron chi connectivity index (χ2n) is 3.53. The fourth-order valence-electron chi connectivity index (χ4n) is 0.944. The van der Waals surface area contributed by atoms with Crippen molar-refractivity contribution >= 4 is 5.97 Å². The summed E-state index contributed by atoms with van der Waals surface area (Å²) >= 11 is 0. The van der Waals surface area contributed by atoms with Crippen LogP contribution in [0.25, 0.3) is 0 Å². The third-order valence-corrected chi connectivity index (χ3v) is 2.19. The molecule has 0 saturated carbocycles. The number of benzene rings is 1. The molecule has 0 aliphatic heterocycles. The van der Waals surface area contributed by atoms with Gasteiger partial charge >= 0.3 is 5.97 Å². The average molecular weight is 208 g/mol. The molecule has 0 bridgehead atoms. The molecule has 0 spiro atoms. The highest BCUT2D eigenvalue weighted by Gasteiger charge is 2.07. The normalized spacial score (nSPS) is 12.1. The highest BCUT2D eigenvalue weighted by atomic mass is 17.2. The van der Waals surface area contributed by atoms with Gasteiger partial charge in [-0.3, -0.25) is 4.89 Å². The maximum Gasteiger partial charge on any atom is 0.373 e. The van der Waals surface area contributed by atoms with E-state index >= 15 is 0 Å². The maximum absolute atomic E-state index is 11.4. The molecule has 1 aromatic carbocycles. The summed E-state index contributed by atoms with van der Waals surface area (Å²) in [6, 6.07) is 8.79. The van der Waals surface area contributed by atoms with Crippen molar-refractivity contribution in [1.82, 2.24) is 0 Å². The highest BCUT2D eigenvalue weighted by molar-refractivity contribution is 5.88. The van der Waals surface area contributed by atoms with E-state index in [1.54, 1.807) is 24.3 Å². The Bertz CT molecular complexity index is 295. The Morgan fingerprint density at radius 3 is 2.60 bits per heavy atom. The molecule has 0 amide bonds. The molecule has 1 aromatic rings. The third-order valence-electron chi connectivity index (χ3n) is 2.19. The SMILES string of the molecule is CCC(C)COOC(=O)c1ccccc1. The molecule has 0 fully saturated rings. The van der Waals surface area contributed by atoms with Crippen molar-refractivity contribution in [1.29, 1.82) is 0 Å². The van der Waals surface area contributed by atoms with E-state index in [9.17, 15) is 4.79 Å². The summed E-state index contributed by atoms with van der Waals surface area (Å²) in [4.78, 5) is 20.9. The lowest BCUT2D eigenvalue weighted by Crippen LogP contribution is -2.10. The molecule has 0 aliphatic rings. The third kappa shape index (κ3) is 4.13. The van der Waals surface area contributed by atoms with Gasteiger partial charge in [-0.15, -0.1) is 0 Å². The summed E-state index contributed by atoms with van der Waals surface area (Å²) in [7, 11) is 0. The van der Waals surface area contributed by atoms with E-state index in [0.717, 1.165) is 6.42 Å². The van der Waals surface area contributed by atoms with E-state index in [-0.39, 0.29) is 0 Å². The van der Waals surface area contributed by atoms with E-state index in [1.807, 2.05) is 13.0 Å². The van der Waals surface area contributed by atoms with Crippen molar-refractivity contribution in [2.45, 2.75) is 20.3 Å². The summed E-state index contributed by atoms with van der Waals surface area (Å²) in [5.74, 6) is -0.0486. The van der Waals surface area contributed by atoms with Crippen LogP contribution in [0, 0.1) is 5.92 Å². The first kappa shape index (κ1) is 11.7. The largest absolute Gasteiger partial charge is 0.373 e. The molecular weight excluding hydrogens is 192 g/mol. The van der Waals surface area contributed by atoms with E-state index in [4.69, 9.17) is 4.89 Å². The molecule has 0 saturated heterocycles. The minimum absolute atomic E-state index is 0.397.